The summed E-state index contributed by atoms with van der Waals surface area (Å²) in [6, 6.07) is 17.6. The lowest BCUT2D eigenvalue weighted by molar-refractivity contribution is -0.205. The van der Waals surface area contributed by atoms with Crippen molar-refractivity contribution in [3.63, 3.8) is 0 Å². The number of nitrogens with one attached hydrogen (secondary N) is 1. The number of ether oxygens (including phenoxy) is 1. The van der Waals surface area contributed by atoms with Crippen LogP contribution in [0.5, 0.6) is 5.75 Å². The van der Waals surface area contributed by atoms with Gasteiger partial charge >= 0.3 is 0 Å². The summed E-state index contributed by atoms with van der Waals surface area (Å²) in [7, 11) is 1.73. The molecule has 4 bridgehead atoms. The van der Waals surface area contributed by atoms with Crippen molar-refractivity contribution in [2.24, 2.45) is 15.8 Å². The maximum absolute atomic E-state index is 5.36. The number of methoxy groups -OCH3 is 1. The first-order chi connectivity index (χ1) is 15.0. The SMILES string of the molecule is COc1ccc(C2N3CC4(C)CN2CC(C)(C3)C4N=Cc2ccc3[nH]ccc3c2)cc1. The number of benzene rings is 2. The molecule has 1 aromatic heterocycles. The van der Waals surface area contributed by atoms with Gasteiger partial charge in [0.15, 0.2) is 0 Å². The summed E-state index contributed by atoms with van der Waals surface area (Å²) >= 11 is 0. The predicted molar refractivity (Wildman–Crippen MR) is 125 cm³/mol. The van der Waals surface area contributed by atoms with Crippen molar-refractivity contribution >= 4 is 17.1 Å². The number of H-pyrrole nitrogens is 1. The predicted octanol–water partition coefficient (Wildman–Crippen LogP) is 4.32. The van der Waals surface area contributed by atoms with Gasteiger partial charge in [0.25, 0.3) is 0 Å². The standard InChI is InChI=1S/C26H30N4O/c1-25-14-29-16-26(2,17-30(15-25)23(29)19-5-7-21(31-3)8-6-19)24(25)28-13-18-4-9-22-20(12-18)10-11-27-22/h4-13,23-24,27H,14-17H2,1-3H3. The van der Waals surface area contributed by atoms with Gasteiger partial charge in [-0.25, -0.2) is 0 Å². The van der Waals surface area contributed by atoms with Gasteiger partial charge in [0.2, 0.25) is 0 Å². The smallest absolute Gasteiger partial charge is 0.118 e. The van der Waals surface area contributed by atoms with Crippen LogP contribution in [0.4, 0.5) is 0 Å². The Kier molecular flexibility index (Phi) is 4.11. The van der Waals surface area contributed by atoms with Crippen molar-refractivity contribution in [2.45, 2.75) is 26.1 Å². The molecule has 5 heterocycles. The third-order valence-corrected chi connectivity index (χ3v) is 7.63. The molecule has 1 N–H and O–H groups in total. The number of nitrogens with zero attached hydrogens (tertiary/aromatic N) is 3. The molecule has 4 saturated heterocycles. The van der Waals surface area contributed by atoms with Gasteiger partial charge < -0.3 is 9.72 Å². The summed E-state index contributed by atoms with van der Waals surface area (Å²) < 4.78 is 5.36. The summed E-state index contributed by atoms with van der Waals surface area (Å²) in [5.41, 5.74) is 4.07. The Morgan fingerprint density at radius 3 is 2.29 bits per heavy atom. The van der Waals surface area contributed by atoms with Gasteiger partial charge in [-0.15, -0.1) is 0 Å². The van der Waals surface area contributed by atoms with Crippen molar-refractivity contribution in [1.82, 2.24) is 14.8 Å². The molecule has 0 atom stereocenters. The Bertz CT molecular complexity index is 1110. The Labute approximate surface area is 183 Å². The van der Waals surface area contributed by atoms with E-state index in [1.807, 2.05) is 6.20 Å². The van der Waals surface area contributed by atoms with E-state index in [9.17, 15) is 0 Å². The molecule has 0 radical (unpaired) electrons. The van der Waals surface area contributed by atoms with Crippen LogP contribution < -0.4 is 4.74 Å². The van der Waals surface area contributed by atoms with Crippen molar-refractivity contribution < 1.29 is 4.74 Å². The van der Waals surface area contributed by atoms with Gasteiger partial charge in [-0.2, -0.15) is 0 Å². The van der Waals surface area contributed by atoms with E-state index in [4.69, 9.17) is 9.73 Å². The average Bonchev–Trinajstić information content (AvgIpc) is 3.20. The summed E-state index contributed by atoms with van der Waals surface area (Å²) in [4.78, 5) is 13.9. The summed E-state index contributed by atoms with van der Waals surface area (Å²) in [6.07, 6.45) is 4.47. The fourth-order valence-corrected chi connectivity index (χ4v) is 6.70. The lowest BCUT2D eigenvalue weighted by Crippen LogP contribution is -2.76. The van der Waals surface area contributed by atoms with Gasteiger partial charge in [0.1, 0.15) is 5.75 Å². The second kappa shape index (κ2) is 6.68. The van der Waals surface area contributed by atoms with Crippen molar-refractivity contribution in [3.8, 4) is 5.75 Å². The van der Waals surface area contributed by atoms with Crippen molar-refractivity contribution in [3.05, 3.63) is 65.9 Å². The largest absolute Gasteiger partial charge is 0.497 e. The van der Waals surface area contributed by atoms with Gasteiger partial charge in [-0.1, -0.05) is 32.0 Å². The molecule has 4 aliphatic heterocycles. The molecular formula is C26H30N4O. The zero-order valence-corrected chi connectivity index (χ0v) is 18.5. The number of piperidine rings is 2. The van der Waals surface area contributed by atoms with E-state index in [0.717, 1.165) is 31.9 Å². The molecule has 0 saturated carbocycles. The van der Waals surface area contributed by atoms with Crippen LogP contribution in [0, 0.1) is 10.8 Å². The molecule has 7 rings (SSSR count). The third kappa shape index (κ3) is 2.94. The highest BCUT2D eigenvalue weighted by Gasteiger charge is 2.62. The first kappa shape index (κ1) is 19.1. The zero-order chi connectivity index (χ0) is 21.2. The highest BCUT2D eigenvalue weighted by atomic mass is 16.5. The molecule has 31 heavy (non-hydrogen) atoms. The Hall–Kier alpha value is -2.63. The lowest BCUT2D eigenvalue weighted by atomic mass is 9.59. The molecule has 2 aromatic carbocycles. The first-order valence-electron chi connectivity index (χ1n) is 11.2. The minimum atomic E-state index is 0.170. The van der Waals surface area contributed by atoms with Gasteiger partial charge in [0.05, 0.1) is 19.3 Å². The summed E-state index contributed by atoms with van der Waals surface area (Å²) in [6.45, 7) is 9.24. The number of aliphatic imine (C=N–C) groups is 1. The molecule has 4 aliphatic rings. The fourth-order valence-electron chi connectivity index (χ4n) is 6.70. The van der Waals surface area contributed by atoms with Crippen molar-refractivity contribution in [2.75, 3.05) is 33.3 Å². The topological polar surface area (TPSA) is 43.9 Å². The monoisotopic (exact) mass is 414 g/mol. The average molecular weight is 415 g/mol. The molecule has 5 nitrogen and oxygen atoms in total. The Balaban J connectivity index is 1.28. The van der Waals surface area contributed by atoms with E-state index >= 15 is 0 Å². The molecular weight excluding hydrogens is 384 g/mol. The molecule has 0 spiro atoms. The van der Waals surface area contributed by atoms with Crippen LogP contribution in [0.25, 0.3) is 10.9 Å². The van der Waals surface area contributed by atoms with Crippen molar-refractivity contribution in [1.29, 1.82) is 0 Å². The van der Waals surface area contributed by atoms with E-state index in [2.05, 4.69) is 83.4 Å². The fraction of sp³-hybridized carbons (Fsp3) is 0.423. The second-order valence-corrected chi connectivity index (χ2v) is 10.3. The van der Waals surface area contributed by atoms with E-state index < -0.39 is 0 Å². The first-order valence-corrected chi connectivity index (χ1v) is 11.2. The highest BCUT2D eigenvalue weighted by Crippen LogP contribution is 2.55. The molecule has 3 aromatic rings. The number of hydrogen-bond donors (Lipinski definition) is 1. The van der Waals surface area contributed by atoms with Crippen LogP contribution in [-0.2, 0) is 0 Å². The van der Waals surface area contributed by atoms with Crippen LogP contribution >= 0.6 is 0 Å². The van der Waals surface area contributed by atoms with Gasteiger partial charge in [0, 0.05) is 54.9 Å². The van der Waals surface area contributed by atoms with Gasteiger partial charge in [-0.05, 0) is 46.8 Å². The van der Waals surface area contributed by atoms with Crippen LogP contribution in [0.1, 0.15) is 31.1 Å². The molecule has 5 heteroatoms. The van der Waals surface area contributed by atoms with E-state index in [0.29, 0.717) is 12.2 Å². The number of aromatic amines is 1. The number of fused-ring (bicyclic) bond motifs is 1. The Morgan fingerprint density at radius 1 is 0.968 bits per heavy atom. The van der Waals surface area contributed by atoms with E-state index in [-0.39, 0.29) is 10.8 Å². The summed E-state index contributed by atoms with van der Waals surface area (Å²) in [5, 5.41) is 1.24. The maximum atomic E-state index is 5.36. The molecule has 0 amide bonds. The van der Waals surface area contributed by atoms with E-state index in [1.54, 1.807) is 7.11 Å². The molecule has 0 aliphatic carbocycles. The zero-order valence-electron chi connectivity index (χ0n) is 18.5. The molecule has 160 valence electrons. The third-order valence-electron chi connectivity index (χ3n) is 7.63. The Morgan fingerprint density at radius 2 is 1.65 bits per heavy atom. The van der Waals surface area contributed by atoms with Crippen LogP contribution in [-0.4, -0.2) is 60.3 Å². The van der Waals surface area contributed by atoms with Crippen LogP contribution in [0.15, 0.2) is 59.7 Å². The summed E-state index contributed by atoms with van der Waals surface area (Å²) in [5.74, 6) is 0.920. The highest BCUT2D eigenvalue weighted by molar-refractivity contribution is 5.89. The number of aromatic nitrogens is 1. The maximum Gasteiger partial charge on any atom is 0.118 e. The molecule has 0 unspecified atom stereocenters. The van der Waals surface area contributed by atoms with Crippen LogP contribution in [0.3, 0.4) is 0 Å². The lowest BCUT2D eigenvalue weighted by Gasteiger charge is -2.68. The quantitative estimate of drug-likeness (QED) is 0.647. The normalized spacial score (nSPS) is 36.5. The molecule has 4 fully saturated rings. The second-order valence-electron chi connectivity index (χ2n) is 10.3. The van der Waals surface area contributed by atoms with Crippen LogP contribution in [0.2, 0.25) is 0 Å². The minimum absolute atomic E-state index is 0.170. The number of rotatable bonds is 4. The minimum Gasteiger partial charge on any atom is -0.497 e. The number of hydrogen-bond acceptors (Lipinski definition) is 4. The van der Waals surface area contributed by atoms with Gasteiger partial charge in [-0.3, -0.25) is 14.8 Å². The van der Waals surface area contributed by atoms with E-state index in [1.165, 1.54) is 22.0 Å².